The topological polar surface area (TPSA) is 313 Å². The maximum Gasteiger partial charge on any atom is 0.246 e. The van der Waals surface area contributed by atoms with Gasteiger partial charge in [-0.25, -0.2) is 0 Å². The molecule has 0 spiro atoms. The summed E-state index contributed by atoms with van der Waals surface area (Å²) >= 11 is 2.86. The van der Waals surface area contributed by atoms with E-state index < -0.39 is 101 Å². The first-order chi connectivity index (χ1) is 37.9. The Hall–Kier alpha value is -7.43. The summed E-state index contributed by atoms with van der Waals surface area (Å²) < 4.78 is 0. The highest BCUT2D eigenvalue weighted by Crippen LogP contribution is 2.22. The van der Waals surface area contributed by atoms with Crippen LogP contribution < -0.4 is 48.7 Å². The molecule has 4 aromatic carbocycles. The first-order valence-corrected chi connectivity index (χ1v) is 28.8. The van der Waals surface area contributed by atoms with Gasteiger partial charge in [0.05, 0.1) is 6.04 Å². The number of nitrogens with two attached hydrogens (primary N) is 2. The largest absolute Gasteiger partial charge is 0.508 e. The standard InChI is InChI=1S/C57H72N10O10S2/c1-35-26-28-78-34-79-33-47(66-56(76)48-19-12-27-67(48)57(77)46(32-39-17-10-5-11-18-39)65-51(71)42(58)29-40-20-22-41(68)23-21-40)55(75)62-43(24-25-49(59)69)52(72)64-45(31-38-15-8-4-9-16-38)54(74)61-36(2)50(70)63-44(53(73)60-35)30-37-13-6-3-7-14-37/h3-11,13-18,20-23,35-36,42-48,68H,12,19,24-34,58H2,1-2H3,(H2,59,69)(H,60,73)(H,61,74)(H,62,75)(H,63,70)(H,64,72)(H,65,71)(H,66,76)/t35-,36+,42+,43+,44+,45+,46+,47-,48+/m1/s1. The predicted octanol–water partition coefficient (Wildman–Crippen LogP) is 1.51. The van der Waals surface area contributed by atoms with Crippen LogP contribution in [0.15, 0.2) is 115 Å². The molecule has 20 nitrogen and oxygen atoms in total. The van der Waals surface area contributed by atoms with Gasteiger partial charge in [0.1, 0.15) is 48.0 Å². The number of phenols is 1. The fourth-order valence-electron chi connectivity index (χ4n) is 9.12. The minimum absolute atomic E-state index is 0.00505. The number of amides is 9. The number of nitrogens with one attached hydrogen (secondary N) is 7. The minimum atomic E-state index is -1.45. The number of aromatic hydroxyl groups is 1. The molecule has 2 heterocycles. The van der Waals surface area contributed by atoms with Crippen LogP contribution in [0.1, 0.15) is 68.2 Å². The highest BCUT2D eigenvalue weighted by molar-refractivity contribution is 8.16. The molecule has 9 atom stereocenters. The van der Waals surface area contributed by atoms with Crippen molar-refractivity contribution in [3.05, 3.63) is 138 Å². The van der Waals surface area contributed by atoms with Gasteiger partial charge in [0.15, 0.2) is 0 Å². The fourth-order valence-corrected chi connectivity index (χ4v) is 11.4. The summed E-state index contributed by atoms with van der Waals surface area (Å²) in [6, 6.07) is 23.4. The number of hydrogen-bond acceptors (Lipinski definition) is 13. The lowest BCUT2D eigenvalue weighted by Gasteiger charge is -2.31. The molecule has 0 bridgehead atoms. The van der Waals surface area contributed by atoms with Crippen molar-refractivity contribution in [3.63, 3.8) is 0 Å². The molecule has 9 amide bonds. The van der Waals surface area contributed by atoms with E-state index in [2.05, 4.69) is 37.2 Å². The molecule has 0 saturated carbocycles. The van der Waals surface area contributed by atoms with Crippen molar-refractivity contribution < 1.29 is 48.3 Å². The van der Waals surface area contributed by atoms with Gasteiger partial charge in [0.2, 0.25) is 53.2 Å². The third kappa shape index (κ3) is 19.5. The Kier molecular flexibility index (Phi) is 23.6. The second kappa shape index (κ2) is 30.6. The molecule has 6 rings (SSSR count). The number of thioether (sulfide) groups is 2. The maximum absolute atomic E-state index is 14.6. The summed E-state index contributed by atoms with van der Waals surface area (Å²) in [5.41, 5.74) is 14.8. The molecule has 4 aromatic rings. The van der Waals surface area contributed by atoms with Gasteiger partial charge in [-0.05, 0) is 86.1 Å². The summed E-state index contributed by atoms with van der Waals surface area (Å²) in [5, 5.41) is 29.8. The fraction of sp³-hybridized carbons (Fsp3) is 0.421. The molecule has 0 aliphatic carbocycles. The van der Waals surface area contributed by atoms with Crippen LogP contribution in [0.3, 0.4) is 0 Å². The van der Waals surface area contributed by atoms with E-state index in [1.54, 1.807) is 54.6 Å². The molecular weight excluding hydrogens is 1050 g/mol. The lowest BCUT2D eigenvalue weighted by Crippen LogP contribution is -2.60. The molecule has 2 aliphatic heterocycles. The summed E-state index contributed by atoms with van der Waals surface area (Å²) in [4.78, 5) is 127. The SMILES string of the molecule is C[C@@H]1CCSCSC[C@@H](NC(=O)[C@@H]2CCCN2C(=O)[C@H](Cc2ccccc2)NC(=O)[C@@H](N)Cc2ccc(O)cc2)C(=O)N[C@@H](CCC(N)=O)C(=O)N[C@@H](Cc2ccccc2)C(=O)N[C@@H](C)C(=O)N[C@@H](Cc2ccccc2)C(=O)N1. The average molecular weight is 1120 g/mol. The molecule has 0 unspecified atom stereocenters. The van der Waals surface area contributed by atoms with Crippen molar-refractivity contribution in [3.8, 4) is 5.75 Å². The molecule has 22 heteroatoms. The number of carbonyl (C=O) groups is 9. The third-order valence-electron chi connectivity index (χ3n) is 13.5. The van der Waals surface area contributed by atoms with Gasteiger partial charge in [-0.3, -0.25) is 43.2 Å². The Morgan fingerprint density at radius 1 is 0.658 bits per heavy atom. The number of nitrogens with zero attached hydrogens (tertiary/aromatic N) is 1. The first kappa shape index (κ1) is 60.8. The lowest BCUT2D eigenvalue weighted by molar-refractivity contribution is -0.142. The third-order valence-corrected chi connectivity index (χ3v) is 16.0. The van der Waals surface area contributed by atoms with Gasteiger partial charge in [-0.2, -0.15) is 11.8 Å². The van der Waals surface area contributed by atoms with Gasteiger partial charge in [-0.15, -0.1) is 11.8 Å². The molecule has 0 aromatic heterocycles. The van der Waals surface area contributed by atoms with Crippen molar-refractivity contribution in [1.29, 1.82) is 0 Å². The van der Waals surface area contributed by atoms with Gasteiger partial charge < -0.3 is 58.7 Å². The normalized spacial score (nSPS) is 22.9. The number of benzene rings is 4. The molecule has 79 heavy (non-hydrogen) atoms. The Morgan fingerprint density at radius 2 is 1.20 bits per heavy atom. The molecule has 2 saturated heterocycles. The number of hydrogen-bond donors (Lipinski definition) is 10. The zero-order valence-electron chi connectivity index (χ0n) is 44.4. The van der Waals surface area contributed by atoms with E-state index >= 15 is 0 Å². The van der Waals surface area contributed by atoms with Crippen LogP contribution in [0, 0.1) is 0 Å². The zero-order chi connectivity index (χ0) is 56.8. The highest BCUT2D eigenvalue weighted by Gasteiger charge is 2.40. The van der Waals surface area contributed by atoms with E-state index in [4.69, 9.17) is 11.5 Å². The van der Waals surface area contributed by atoms with Crippen LogP contribution in [0.5, 0.6) is 5.75 Å². The Morgan fingerprint density at radius 3 is 1.81 bits per heavy atom. The molecule has 0 radical (unpaired) electrons. The van der Waals surface area contributed by atoms with Crippen LogP contribution in [-0.2, 0) is 68.8 Å². The van der Waals surface area contributed by atoms with E-state index in [1.807, 2.05) is 55.5 Å². The number of likely N-dealkylation sites (tertiary alicyclic amines) is 1. The second-order valence-electron chi connectivity index (χ2n) is 19.9. The van der Waals surface area contributed by atoms with E-state index in [9.17, 15) is 48.3 Å². The average Bonchev–Trinajstić information content (AvgIpc) is 3.97. The van der Waals surface area contributed by atoms with Gasteiger partial charge in [-0.1, -0.05) is 103 Å². The highest BCUT2D eigenvalue weighted by atomic mass is 32.2. The van der Waals surface area contributed by atoms with E-state index in [-0.39, 0.29) is 69.0 Å². The number of primary amides is 1. The van der Waals surface area contributed by atoms with E-state index in [1.165, 1.54) is 47.5 Å². The van der Waals surface area contributed by atoms with Gasteiger partial charge in [0.25, 0.3) is 0 Å². The van der Waals surface area contributed by atoms with Crippen LogP contribution in [0.25, 0.3) is 0 Å². The predicted molar refractivity (Wildman–Crippen MR) is 303 cm³/mol. The van der Waals surface area contributed by atoms with Crippen molar-refractivity contribution in [1.82, 2.24) is 42.1 Å². The molecule has 12 N–H and O–H groups in total. The summed E-state index contributed by atoms with van der Waals surface area (Å²) in [7, 11) is 0. The van der Waals surface area contributed by atoms with Crippen LogP contribution in [0.4, 0.5) is 0 Å². The Balaban J connectivity index is 1.24. The van der Waals surface area contributed by atoms with E-state index in [0.29, 0.717) is 34.8 Å². The molecular formula is C57H72N10O10S2. The van der Waals surface area contributed by atoms with Crippen molar-refractivity contribution in [2.45, 2.75) is 126 Å². The smallest absolute Gasteiger partial charge is 0.246 e. The minimum Gasteiger partial charge on any atom is -0.508 e. The van der Waals surface area contributed by atoms with E-state index in [0.717, 1.165) is 11.1 Å². The van der Waals surface area contributed by atoms with Crippen LogP contribution in [0.2, 0.25) is 0 Å². The lowest BCUT2D eigenvalue weighted by atomic mass is 10.0. The molecule has 422 valence electrons. The monoisotopic (exact) mass is 1120 g/mol. The molecule has 2 fully saturated rings. The Labute approximate surface area is 468 Å². The number of rotatable bonds is 16. The second-order valence-corrected chi connectivity index (χ2v) is 22.4. The Bertz CT molecular complexity index is 2710. The van der Waals surface area contributed by atoms with Crippen molar-refractivity contribution >= 4 is 76.7 Å². The zero-order valence-corrected chi connectivity index (χ0v) is 46.0. The summed E-state index contributed by atoms with van der Waals surface area (Å²) in [5.74, 6) is -5.38. The summed E-state index contributed by atoms with van der Waals surface area (Å²) in [6.07, 6.45) is 0.901. The number of phenolic OH excluding ortho intramolecular Hbond substituents is 1. The van der Waals surface area contributed by atoms with Gasteiger partial charge in [0, 0.05) is 49.1 Å². The summed E-state index contributed by atoms with van der Waals surface area (Å²) in [6.45, 7) is 3.47. The van der Waals surface area contributed by atoms with Crippen molar-refractivity contribution in [2.75, 3.05) is 23.1 Å². The van der Waals surface area contributed by atoms with Crippen LogP contribution in [-0.4, -0.2) is 141 Å². The number of carbonyl (C=O) groups excluding carboxylic acids is 9. The van der Waals surface area contributed by atoms with Crippen LogP contribution >= 0.6 is 23.5 Å². The van der Waals surface area contributed by atoms with Crippen molar-refractivity contribution in [2.24, 2.45) is 11.5 Å². The molecule has 2 aliphatic rings. The first-order valence-electron chi connectivity index (χ1n) is 26.5. The quantitative estimate of drug-likeness (QED) is 0.0762. The maximum atomic E-state index is 14.6. The van der Waals surface area contributed by atoms with Gasteiger partial charge >= 0.3 is 0 Å².